The Hall–Kier alpha value is -1.83. The van der Waals surface area contributed by atoms with Gasteiger partial charge >= 0.3 is 0 Å². The smallest absolute Gasteiger partial charge is 0.222 e. The number of hydrogen-bond donors (Lipinski definition) is 0. The normalized spacial score (nSPS) is 14.1. The highest BCUT2D eigenvalue weighted by Crippen LogP contribution is 2.30. The van der Waals surface area contributed by atoms with Gasteiger partial charge in [-0.05, 0) is 19.6 Å². The van der Waals surface area contributed by atoms with Gasteiger partial charge in [-0.2, -0.15) is 5.10 Å². The fourth-order valence-electron chi connectivity index (χ4n) is 3.26. The molecule has 0 fully saturated rings. The van der Waals surface area contributed by atoms with Gasteiger partial charge in [0, 0.05) is 50.8 Å². The molecule has 1 aliphatic rings. The standard InChI is InChI=1S/C16H24N6OS/c1-5-7-13(23)21-9-8-12-11(10-21)14(19-20(12)3)15-17-18-16(24-4)22(15)6-2/h5-10H2,1-4H3. The van der Waals surface area contributed by atoms with Crippen molar-refractivity contribution < 1.29 is 4.79 Å². The summed E-state index contributed by atoms with van der Waals surface area (Å²) < 4.78 is 4.01. The largest absolute Gasteiger partial charge is 0.338 e. The van der Waals surface area contributed by atoms with Crippen LogP contribution in [-0.4, -0.2) is 48.2 Å². The number of carbonyl (C=O) groups excluding carboxylic acids is 1. The molecule has 0 saturated heterocycles. The lowest BCUT2D eigenvalue weighted by atomic mass is 10.0. The van der Waals surface area contributed by atoms with Crippen molar-refractivity contribution in [2.75, 3.05) is 12.8 Å². The van der Waals surface area contributed by atoms with E-state index in [9.17, 15) is 4.79 Å². The van der Waals surface area contributed by atoms with Crippen LogP contribution in [0.4, 0.5) is 0 Å². The van der Waals surface area contributed by atoms with Crippen LogP contribution in [0.1, 0.15) is 37.9 Å². The molecule has 0 radical (unpaired) electrons. The fraction of sp³-hybridized carbons (Fsp3) is 0.625. The first-order valence-electron chi connectivity index (χ1n) is 8.40. The van der Waals surface area contributed by atoms with E-state index in [0.717, 1.165) is 48.2 Å². The Bertz CT molecular complexity index is 750. The molecule has 1 amide bonds. The highest BCUT2D eigenvalue weighted by molar-refractivity contribution is 7.98. The first-order valence-corrected chi connectivity index (χ1v) is 9.63. The van der Waals surface area contributed by atoms with Crippen LogP contribution in [0, 0.1) is 0 Å². The number of hydrogen-bond acceptors (Lipinski definition) is 5. The minimum Gasteiger partial charge on any atom is -0.338 e. The van der Waals surface area contributed by atoms with Crippen LogP contribution in [0.25, 0.3) is 11.5 Å². The molecule has 0 unspecified atom stereocenters. The number of aryl methyl sites for hydroxylation is 1. The molecule has 8 heteroatoms. The van der Waals surface area contributed by atoms with Crippen molar-refractivity contribution in [3.8, 4) is 11.5 Å². The van der Waals surface area contributed by atoms with Crippen molar-refractivity contribution in [1.82, 2.24) is 29.4 Å². The second kappa shape index (κ2) is 6.96. The molecule has 3 heterocycles. The summed E-state index contributed by atoms with van der Waals surface area (Å²) in [5.41, 5.74) is 3.17. The maximum absolute atomic E-state index is 12.3. The Morgan fingerprint density at radius 3 is 2.75 bits per heavy atom. The third-order valence-corrected chi connectivity index (χ3v) is 5.15. The molecular weight excluding hydrogens is 324 g/mol. The van der Waals surface area contributed by atoms with Crippen molar-refractivity contribution in [3.05, 3.63) is 11.3 Å². The van der Waals surface area contributed by atoms with Gasteiger partial charge < -0.3 is 9.47 Å². The number of carbonyl (C=O) groups is 1. The van der Waals surface area contributed by atoms with Crippen LogP contribution in [0.3, 0.4) is 0 Å². The van der Waals surface area contributed by atoms with Crippen molar-refractivity contribution in [3.63, 3.8) is 0 Å². The summed E-state index contributed by atoms with van der Waals surface area (Å²) in [6.45, 7) is 6.29. The van der Waals surface area contributed by atoms with E-state index in [-0.39, 0.29) is 5.91 Å². The summed E-state index contributed by atoms with van der Waals surface area (Å²) in [4.78, 5) is 14.2. The Morgan fingerprint density at radius 1 is 1.29 bits per heavy atom. The molecule has 2 aromatic rings. The van der Waals surface area contributed by atoms with Crippen LogP contribution < -0.4 is 0 Å². The number of rotatable bonds is 5. The van der Waals surface area contributed by atoms with Gasteiger partial charge in [0.15, 0.2) is 11.0 Å². The van der Waals surface area contributed by atoms with Gasteiger partial charge in [-0.1, -0.05) is 18.7 Å². The molecule has 0 aliphatic carbocycles. The van der Waals surface area contributed by atoms with E-state index in [2.05, 4.69) is 21.7 Å². The Morgan fingerprint density at radius 2 is 2.08 bits per heavy atom. The first kappa shape index (κ1) is 17.0. The van der Waals surface area contributed by atoms with E-state index < -0.39 is 0 Å². The number of thioether (sulfide) groups is 1. The number of fused-ring (bicyclic) bond motifs is 1. The third kappa shape index (κ3) is 2.83. The molecule has 2 aromatic heterocycles. The molecule has 7 nitrogen and oxygen atoms in total. The number of nitrogens with zero attached hydrogens (tertiary/aromatic N) is 6. The van der Waals surface area contributed by atoms with E-state index in [0.29, 0.717) is 13.0 Å². The maximum atomic E-state index is 12.3. The van der Waals surface area contributed by atoms with Gasteiger partial charge in [0.25, 0.3) is 0 Å². The average Bonchev–Trinajstić information content (AvgIpc) is 3.15. The van der Waals surface area contributed by atoms with Crippen molar-refractivity contribution in [1.29, 1.82) is 0 Å². The Labute approximate surface area is 146 Å². The van der Waals surface area contributed by atoms with E-state index in [1.54, 1.807) is 11.8 Å². The molecule has 130 valence electrons. The fourth-order valence-corrected chi connectivity index (χ4v) is 3.82. The SMILES string of the molecule is CCCC(=O)N1CCc2c(c(-c3nnc(SC)n3CC)nn2C)C1. The minimum atomic E-state index is 0.222. The molecule has 0 bridgehead atoms. The van der Waals surface area contributed by atoms with E-state index in [1.165, 1.54) is 5.69 Å². The van der Waals surface area contributed by atoms with Crippen molar-refractivity contribution in [2.24, 2.45) is 7.05 Å². The summed E-state index contributed by atoms with van der Waals surface area (Å²) in [7, 11) is 1.97. The highest BCUT2D eigenvalue weighted by atomic mass is 32.2. The van der Waals surface area contributed by atoms with E-state index >= 15 is 0 Å². The van der Waals surface area contributed by atoms with Crippen molar-refractivity contribution in [2.45, 2.75) is 51.4 Å². The molecule has 24 heavy (non-hydrogen) atoms. The molecule has 0 atom stereocenters. The zero-order valence-electron chi connectivity index (χ0n) is 14.7. The predicted molar refractivity (Wildman–Crippen MR) is 93.7 cm³/mol. The summed E-state index contributed by atoms with van der Waals surface area (Å²) >= 11 is 1.58. The van der Waals surface area contributed by atoms with Gasteiger partial charge in [-0.15, -0.1) is 10.2 Å². The van der Waals surface area contributed by atoms with E-state index in [4.69, 9.17) is 5.10 Å². The van der Waals surface area contributed by atoms with Crippen LogP contribution in [0.15, 0.2) is 5.16 Å². The van der Waals surface area contributed by atoms with Gasteiger partial charge in [0.2, 0.25) is 5.91 Å². The highest BCUT2D eigenvalue weighted by Gasteiger charge is 2.29. The first-order chi connectivity index (χ1) is 11.6. The zero-order chi connectivity index (χ0) is 17.3. The maximum Gasteiger partial charge on any atom is 0.222 e. The lowest BCUT2D eigenvalue weighted by Gasteiger charge is -2.27. The van der Waals surface area contributed by atoms with Crippen LogP contribution in [0.5, 0.6) is 0 Å². The van der Waals surface area contributed by atoms with Gasteiger partial charge in [-0.25, -0.2) is 0 Å². The predicted octanol–water partition coefficient (Wildman–Crippen LogP) is 2.11. The molecule has 0 aromatic carbocycles. The van der Waals surface area contributed by atoms with E-state index in [1.807, 2.05) is 29.8 Å². The number of aromatic nitrogens is 5. The molecule has 0 saturated carbocycles. The van der Waals surface area contributed by atoms with Gasteiger partial charge in [-0.3, -0.25) is 9.48 Å². The second-order valence-corrected chi connectivity index (χ2v) is 6.74. The monoisotopic (exact) mass is 348 g/mol. The number of amides is 1. The summed E-state index contributed by atoms with van der Waals surface area (Å²) in [6, 6.07) is 0. The lowest BCUT2D eigenvalue weighted by Crippen LogP contribution is -2.36. The van der Waals surface area contributed by atoms with Gasteiger partial charge in [0.1, 0.15) is 5.69 Å². The molecule has 1 aliphatic heterocycles. The second-order valence-electron chi connectivity index (χ2n) is 5.97. The molecule has 0 N–H and O–H groups in total. The molecule has 0 spiro atoms. The topological polar surface area (TPSA) is 68.8 Å². The molecular formula is C16H24N6OS. The molecule has 3 rings (SSSR count). The Kier molecular flexibility index (Phi) is 4.93. The Balaban J connectivity index is 2.01. The van der Waals surface area contributed by atoms with Crippen LogP contribution in [-0.2, 0) is 31.4 Å². The summed E-state index contributed by atoms with van der Waals surface area (Å²) in [5.74, 6) is 1.02. The quantitative estimate of drug-likeness (QED) is 0.774. The summed E-state index contributed by atoms with van der Waals surface area (Å²) in [6.07, 6.45) is 4.32. The average molecular weight is 348 g/mol. The van der Waals surface area contributed by atoms with Crippen LogP contribution >= 0.6 is 11.8 Å². The minimum absolute atomic E-state index is 0.222. The third-order valence-electron chi connectivity index (χ3n) is 4.49. The van der Waals surface area contributed by atoms with Crippen molar-refractivity contribution >= 4 is 17.7 Å². The van der Waals surface area contributed by atoms with Crippen LogP contribution in [0.2, 0.25) is 0 Å². The lowest BCUT2D eigenvalue weighted by molar-refractivity contribution is -0.132. The van der Waals surface area contributed by atoms with Gasteiger partial charge in [0.05, 0.1) is 0 Å². The summed E-state index contributed by atoms with van der Waals surface area (Å²) in [5, 5.41) is 14.2. The zero-order valence-corrected chi connectivity index (χ0v) is 15.6.